The van der Waals surface area contributed by atoms with Crippen LogP contribution in [0, 0.1) is 0 Å². The number of carbonyl (C=O) groups is 1. The van der Waals surface area contributed by atoms with Crippen LogP contribution in [-0.2, 0) is 9.47 Å². The van der Waals surface area contributed by atoms with E-state index in [4.69, 9.17) is 14.2 Å². The summed E-state index contributed by atoms with van der Waals surface area (Å²) in [6, 6.07) is 7.72. The van der Waals surface area contributed by atoms with Gasteiger partial charge in [-0.1, -0.05) is 0 Å². The third-order valence-electron chi connectivity index (χ3n) is 4.89. The molecule has 6 heteroatoms. The van der Waals surface area contributed by atoms with Crippen molar-refractivity contribution in [2.24, 2.45) is 0 Å². The fraction of sp³-hybridized carbons (Fsp3) is 0.500. The zero-order valence-corrected chi connectivity index (χ0v) is 13.7. The molecule has 4 rings (SSSR count). The highest BCUT2D eigenvalue weighted by atomic mass is 16.6. The van der Waals surface area contributed by atoms with E-state index in [1.807, 2.05) is 24.3 Å². The highest BCUT2D eigenvalue weighted by Crippen LogP contribution is 2.27. The first-order chi connectivity index (χ1) is 11.7. The van der Waals surface area contributed by atoms with Crippen LogP contribution in [0.2, 0.25) is 0 Å². The summed E-state index contributed by atoms with van der Waals surface area (Å²) in [6.07, 6.45) is 2.95. The Kier molecular flexibility index (Phi) is 4.16. The van der Waals surface area contributed by atoms with Crippen LogP contribution in [0.15, 0.2) is 24.3 Å². The van der Waals surface area contributed by atoms with Gasteiger partial charge in [0.2, 0.25) is 0 Å². The highest BCUT2D eigenvalue weighted by Gasteiger charge is 2.34. The Morgan fingerprint density at radius 3 is 2.88 bits per heavy atom. The second-order valence-corrected chi connectivity index (χ2v) is 6.44. The minimum absolute atomic E-state index is 0.0784. The third kappa shape index (κ3) is 2.99. The Bertz CT molecular complexity index is 742. The average molecular weight is 330 g/mol. The van der Waals surface area contributed by atoms with Crippen LogP contribution in [0.4, 0.5) is 0 Å². The Hall–Kier alpha value is -2.05. The standard InChI is InChI=1S/C18H22N2O4/c1-22-13-4-2-11-8-15(20-14(11)10-13)18(21)19-12-3-5-16-17(9-12)24-7-6-23-16/h2,4,8,10,12,16-17,20H,3,5-7,9H2,1H3,(H,19,21). The van der Waals surface area contributed by atoms with Gasteiger partial charge in [0.15, 0.2) is 0 Å². The van der Waals surface area contributed by atoms with Gasteiger partial charge in [-0.2, -0.15) is 0 Å². The van der Waals surface area contributed by atoms with Crippen molar-refractivity contribution in [3.05, 3.63) is 30.0 Å². The molecule has 0 radical (unpaired) electrons. The number of carbonyl (C=O) groups excluding carboxylic acids is 1. The molecule has 1 aliphatic carbocycles. The molecule has 0 bridgehead atoms. The maximum Gasteiger partial charge on any atom is 0.267 e. The maximum atomic E-state index is 12.6. The number of H-pyrrole nitrogens is 1. The monoisotopic (exact) mass is 330 g/mol. The number of hydrogen-bond acceptors (Lipinski definition) is 4. The number of rotatable bonds is 3. The summed E-state index contributed by atoms with van der Waals surface area (Å²) in [7, 11) is 1.63. The summed E-state index contributed by atoms with van der Waals surface area (Å²) < 4.78 is 16.7. The molecule has 2 fully saturated rings. The molecule has 2 N–H and O–H groups in total. The Morgan fingerprint density at radius 1 is 1.21 bits per heavy atom. The Morgan fingerprint density at radius 2 is 2.04 bits per heavy atom. The summed E-state index contributed by atoms with van der Waals surface area (Å²) in [4.78, 5) is 15.7. The van der Waals surface area contributed by atoms with Gasteiger partial charge >= 0.3 is 0 Å². The lowest BCUT2D eigenvalue weighted by Crippen LogP contribution is -2.49. The molecule has 1 aromatic carbocycles. The van der Waals surface area contributed by atoms with E-state index in [0.29, 0.717) is 18.9 Å². The zero-order chi connectivity index (χ0) is 16.5. The van der Waals surface area contributed by atoms with Crippen LogP contribution in [0.5, 0.6) is 5.75 Å². The van der Waals surface area contributed by atoms with E-state index in [0.717, 1.165) is 35.9 Å². The molecule has 1 amide bonds. The first-order valence-corrected chi connectivity index (χ1v) is 8.44. The molecule has 1 aliphatic heterocycles. The number of methoxy groups -OCH3 is 1. The number of ether oxygens (including phenoxy) is 3. The normalized spacial score (nSPS) is 26.8. The molecule has 3 unspecified atom stereocenters. The molecule has 128 valence electrons. The molecule has 2 aliphatic rings. The van der Waals surface area contributed by atoms with E-state index >= 15 is 0 Å². The van der Waals surface area contributed by atoms with Crippen molar-refractivity contribution in [2.75, 3.05) is 20.3 Å². The first kappa shape index (κ1) is 15.5. The van der Waals surface area contributed by atoms with Crippen molar-refractivity contribution < 1.29 is 19.0 Å². The molecule has 24 heavy (non-hydrogen) atoms. The molecular weight excluding hydrogens is 308 g/mol. The molecule has 6 nitrogen and oxygen atoms in total. The van der Waals surface area contributed by atoms with E-state index in [-0.39, 0.29) is 24.2 Å². The lowest BCUT2D eigenvalue weighted by atomic mass is 9.89. The topological polar surface area (TPSA) is 72.6 Å². The summed E-state index contributed by atoms with van der Waals surface area (Å²) in [6.45, 7) is 1.32. The third-order valence-corrected chi connectivity index (χ3v) is 4.89. The number of fused-ring (bicyclic) bond motifs is 2. The number of amides is 1. The van der Waals surface area contributed by atoms with Gasteiger partial charge in [0.1, 0.15) is 11.4 Å². The number of hydrogen-bond donors (Lipinski definition) is 2. The van der Waals surface area contributed by atoms with Gasteiger partial charge in [-0.3, -0.25) is 4.79 Å². The molecule has 2 aromatic rings. The summed E-state index contributed by atoms with van der Waals surface area (Å²) in [5.41, 5.74) is 1.47. The molecule has 1 saturated carbocycles. The second-order valence-electron chi connectivity index (χ2n) is 6.44. The fourth-order valence-electron chi connectivity index (χ4n) is 3.62. The van der Waals surface area contributed by atoms with Crippen molar-refractivity contribution in [2.45, 2.75) is 37.5 Å². The Labute approximate surface area is 140 Å². The predicted octanol–water partition coefficient (Wildman–Crippen LogP) is 2.24. The maximum absolute atomic E-state index is 12.6. The number of aromatic nitrogens is 1. The van der Waals surface area contributed by atoms with Crippen LogP contribution in [0.25, 0.3) is 10.9 Å². The summed E-state index contributed by atoms with van der Waals surface area (Å²) in [5.74, 6) is 0.689. The average Bonchev–Trinajstić information content (AvgIpc) is 3.05. The van der Waals surface area contributed by atoms with Crippen LogP contribution >= 0.6 is 0 Å². The predicted molar refractivity (Wildman–Crippen MR) is 89.4 cm³/mol. The zero-order valence-electron chi connectivity index (χ0n) is 13.7. The van der Waals surface area contributed by atoms with Crippen molar-refractivity contribution in [1.29, 1.82) is 0 Å². The quantitative estimate of drug-likeness (QED) is 0.905. The van der Waals surface area contributed by atoms with Gasteiger partial charge in [-0.25, -0.2) is 0 Å². The number of aromatic amines is 1. The first-order valence-electron chi connectivity index (χ1n) is 8.44. The smallest absolute Gasteiger partial charge is 0.267 e. The van der Waals surface area contributed by atoms with E-state index in [2.05, 4.69) is 10.3 Å². The largest absolute Gasteiger partial charge is 0.497 e. The SMILES string of the molecule is COc1ccc2cc(C(=O)NC3CCC4OCCOC4C3)[nH]c2c1. The lowest BCUT2D eigenvalue weighted by molar-refractivity contribution is -0.157. The summed E-state index contributed by atoms with van der Waals surface area (Å²) >= 11 is 0. The van der Waals surface area contributed by atoms with E-state index in [1.165, 1.54) is 0 Å². The van der Waals surface area contributed by atoms with Crippen molar-refractivity contribution in [1.82, 2.24) is 10.3 Å². The van der Waals surface area contributed by atoms with E-state index in [1.54, 1.807) is 7.11 Å². The van der Waals surface area contributed by atoms with Gasteiger partial charge in [-0.15, -0.1) is 0 Å². The molecule has 2 heterocycles. The van der Waals surface area contributed by atoms with Gasteiger partial charge in [0.25, 0.3) is 5.91 Å². The van der Waals surface area contributed by atoms with Crippen LogP contribution in [-0.4, -0.2) is 49.5 Å². The van der Waals surface area contributed by atoms with Crippen molar-refractivity contribution >= 4 is 16.8 Å². The molecule has 1 aromatic heterocycles. The minimum Gasteiger partial charge on any atom is -0.497 e. The van der Waals surface area contributed by atoms with Crippen molar-refractivity contribution in [3.8, 4) is 5.75 Å². The second kappa shape index (κ2) is 6.45. The van der Waals surface area contributed by atoms with Gasteiger partial charge in [0, 0.05) is 23.0 Å². The molecular formula is C18H22N2O4. The number of benzene rings is 1. The van der Waals surface area contributed by atoms with E-state index < -0.39 is 0 Å². The molecule has 0 spiro atoms. The fourth-order valence-corrected chi connectivity index (χ4v) is 3.62. The number of nitrogens with one attached hydrogen (secondary N) is 2. The van der Waals surface area contributed by atoms with Crippen LogP contribution in [0.3, 0.4) is 0 Å². The lowest BCUT2D eigenvalue weighted by Gasteiger charge is -2.39. The minimum atomic E-state index is -0.0784. The Balaban J connectivity index is 1.44. The van der Waals surface area contributed by atoms with Crippen LogP contribution in [0.1, 0.15) is 29.8 Å². The summed E-state index contributed by atoms with van der Waals surface area (Å²) in [5, 5.41) is 4.11. The van der Waals surface area contributed by atoms with Gasteiger partial charge < -0.3 is 24.5 Å². The highest BCUT2D eigenvalue weighted by molar-refractivity contribution is 5.98. The van der Waals surface area contributed by atoms with Crippen molar-refractivity contribution in [3.63, 3.8) is 0 Å². The van der Waals surface area contributed by atoms with E-state index in [9.17, 15) is 4.79 Å². The van der Waals surface area contributed by atoms with Gasteiger partial charge in [-0.05, 0) is 37.5 Å². The van der Waals surface area contributed by atoms with Gasteiger partial charge in [0.05, 0.1) is 32.5 Å². The molecule has 3 atom stereocenters. The van der Waals surface area contributed by atoms with Crippen LogP contribution < -0.4 is 10.1 Å². The molecule has 1 saturated heterocycles.